The van der Waals surface area contributed by atoms with Crippen molar-refractivity contribution in [1.29, 1.82) is 0 Å². The van der Waals surface area contributed by atoms with Crippen LogP contribution in [0.1, 0.15) is 52.0 Å². The Bertz CT molecular complexity index is 808. The van der Waals surface area contributed by atoms with Gasteiger partial charge >= 0.3 is 5.97 Å². The van der Waals surface area contributed by atoms with Gasteiger partial charge in [-0.15, -0.1) is 0 Å². The molecule has 0 aromatic heterocycles. The Morgan fingerprint density at radius 2 is 1.75 bits per heavy atom. The van der Waals surface area contributed by atoms with Gasteiger partial charge < -0.3 is 20.5 Å². The van der Waals surface area contributed by atoms with Crippen molar-refractivity contribution in [2.75, 3.05) is 6.61 Å². The zero-order valence-corrected chi connectivity index (χ0v) is 19.6. The Labute approximate surface area is 192 Å². The smallest absolute Gasteiger partial charge is 0.328 e. The van der Waals surface area contributed by atoms with Crippen LogP contribution in [0.4, 0.5) is 0 Å². The predicted octanol–water partition coefficient (Wildman–Crippen LogP) is 2.51. The first-order chi connectivity index (χ1) is 15.1. The minimum Gasteiger partial charge on any atom is -0.480 e. The standard InChI is InChI=1S/C23H32N2O6S/c1-15(2)19(32-16(3)26)20(27)25-23(11-7-8-12-23)22(30)24-18(21(28)29)14-31-13-17-9-5-4-6-10-17/h4-6,9-10,15,18-19H,7-8,11-14H2,1-3H3,(H,24,30)(H,25,27)(H,28,29)/t18-,19-/m0/s1. The molecule has 0 bridgehead atoms. The SMILES string of the molecule is CC(=O)S[C@H](C(=O)NC1(C(=O)N[C@@H](COCc2ccccc2)C(=O)O)CCCC1)C(C)C. The van der Waals surface area contributed by atoms with Gasteiger partial charge in [0.05, 0.1) is 18.5 Å². The van der Waals surface area contributed by atoms with Crippen molar-refractivity contribution in [3.8, 4) is 0 Å². The zero-order valence-electron chi connectivity index (χ0n) is 18.8. The molecule has 0 saturated heterocycles. The van der Waals surface area contributed by atoms with Crippen LogP contribution in [0, 0.1) is 5.92 Å². The monoisotopic (exact) mass is 464 g/mol. The number of ether oxygens (including phenoxy) is 1. The highest BCUT2D eigenvalue weighted by Gasteiger charge is 2.45. The maximum atomic E-state index is 13.1. The van der Waals surface area contributed by atoms with Crippen LogP contribution in [0.5, 0.6) is 0 Å². The highest BCUT2D eigenvalue weighted by molar-refractivity contribution is 8.14. The highest BCUT2D eigenvalue weighted by Crippen LogP contribution is 2.31. The summed E-state index contributed by atoms with van der Waals surface area (Å²) in [7, 11) is 0. The van der Waals surface area contributed by atoms with E-state index in [1.807, 2.05) is 44.2 Å². The van der Waals surface area contributed by atoms with E-state index < -0.39 is 28.7 Å². The molecule has 0 heterocycles. The van der Waals surface area contributed by atoms with Crippen molar-refractivity contribution in [2.24, 2.45) is 5.92 Å². The molecule has 176 valence electrons. The van der Waals surface area contributed by atoms with Crippen LogP contribution in [0.25, 0.3) is 0 Å². The van der Waals surface area contributed by atoms with Gasteiger partial charge in [-0.05, 0) is 24.3 Å². The van der Waals surface area contributed by atoms with E-state index in [0.717, 1.165) is 30.2 Å². The van der Waals surface area contributed by atoms with E-state index in [4.69, 9.17) is 4.74 Å². The number of carboxylic acid groups (broad SMARTS) is 1. The molecule has 0 spiro atoms. The van der Waals surface area contributed by atoms with Crippen molar-refractivity contribution in [1.82, 2.24) is 10.6 Å². The minimum atomic E-state index is -1.24. The Morgan fingerprint density at radius 3 is 2.28 bits per heavy atom. The number of carbonyl (C=O) groups excluding carboxylic acids is 3. The van der Waals surface area contributed by atoms with Crippen LogP contribution < -0.4 is 10.6 Å². The van der Waals surface area contributed by atoms with Crippen molar-refractivity contribution < 1.29 is 29.0 Å². The fraction of sp³-hybridized carbons (Fsp3) is 0.565. The second-order valence-corrected chi connectivity index (χ2v) is 9.74. The summed E-state index contributed by atoms with van der Waals surface area (Å²) in [6, 6.07) is 8.07. The molecule has 8 nitrogen and oxygen atoms in total. The number of thioether (sulfide) groups is 1. The van der Waals surface area contributed by atoms with E-state index in [1.54, 1.807) is 0 Å². The summed E-state index contributed by atoms with van der Waals surface area (Å²) < 4.78 is 5.51. The summed E-state index contributed by atoms with van der Waals surface area (Å²) >= 11 is 0.941. The summed E-state index contributed by atoms with van der Waals surface area (Å²) in [6.45, 7) is 5.10. The summed E-state index contributed by atoms with van der Waals surface area (Å²) in [5.74, 6) is -2.24. The Hall–Kier alpha value is -2.39. The van der Waals surface area contributed by atoms with Crippen molar-refractivity contribution >= 4 is 34.7 Å². The quantitative estimate of drug-likeness (QED) is 0.460. The molecular formula is C23H32N2O6S. The lowest BCUT2D eigenvalue weighted by atomic mass is 9.94. The summed E-state index contributed by atoms with van der Waals surface area (Å²) in [4.78, 5) is 49.4. The number of rotatable bonds is 11. The lowest BCUT2D eigenvalue weighted by molar-refractivity contribution is -0.145. The third-order valence-corrected chi connectivity index (χ3v) is 6.75. The topological polar surface area (TPSA) is 122 Å². The van der Waals surface area contributed by atoms with E-state index in [2.05, 4.69) is 10.6 Å². The van der Waals surface area contributed by atoms with Crippen LogP contribution in [0.2, 0.25) is 0 Å². The van der Waals surface area contributed by atoms with E-state index >= 15 is 0 Å². The maximum absolute atomic E-state index is 13.1. The lowest BCUT2D eigenvalue weighted by Crippen LogP contribution is -2.61. The predicted molar refractivity (Wildman–Crippen MR) is 122 cm³/mol. The molecule has 1 saturated carbocycles. The second kappa shape index (κ2) is 12.0. The molecule has 2 rings (SSSR count). The molecule has 1 aliphatic carbocycles. The van der Waals surface area contributed by atoms with Gasteiger partial charge in [0.2, 0.25) is 11.8 Å². The zero-order chi connectivity index (χ0) is 23.7. The molecule has 1 aliphatic rings. The normalized spacial score (nSPS) is 16.9. The summed E-state index contributed by atoms with van der Waals surface area (Å²) in [6.07, 6.45) is 2.30. The fourth-order valence-corrected chi connectivity index (χ4v) is 4.50. The first-order valence-corrected chi connectivity index (χ1v) is 11.7. The molecule has 0 aliphatic heterocycles. The maximum Gasteiger partial charge on any atom is 0.328 e. The van der Waals surface area contributed by atoms with Gasteiger partial charge in [-0.3, -0.25) is 14.4 Å². The average Bonchev–Trinajstić information content (AvgIpc) is 3.21. The summed E-state index contributed by atoms with van der Waals surface area (Å²) in [5.41, 5.74) is -0.292. The fourth-order valence-electron chi connectivity index (χ4n) is 3.71. The molecule has 2 atom stereocenters. The number of nitrogens with one attached hydrogen (secondary N) is 2. The van der Waals surface area contributed by atoms with Crippen molar-refractivity contribution in [3.63, 3.8) is 0 Å². The van der Waals surface area contributed by atoms with E-state index in [0.29, 0.717) is 12.8 Å². The van der Waals surface area contributed by atoms with Gasteiger partial charge in [0.15, 0.2) is 11.2 Å². The first-order valence-electron chi connectivity index (χ1n) is 10.8. The molecule has 32 heavy (non-hydrogen) atoms. The lowest BCUT2D eigenvalue weighted by Gasteiger charge is -2.32. The summed E-state index contributed by atoms with van der Waals surface area (Å²) in [5, 5.41) is 14.2. The van der Waals surface area contributed by atoms with E-state index in [9.17, 15) is 24.3 Å². The van der Waals surface area contributed by atoms with Gasteiger partial charge in [0.1, 0.15) is 5.54 Å². The Kier molecular flexibility index (Phi) is 9.71. The van der Waals surface area contributed by atoms with Gasteiger partial charge in [-0.25, -0.2) is 4.79 Å². The van der Waals surface area contributed by atoms with Crippen LogP contribution in [-0.2, 0) is 30.5 Å². The molecule has 2 amide bonds. The molecule has 1 fully saturated rings. The second-order valence-electron chi connectivity index (χ2n) is 8.42. The molecule has 0 radical (unpaired) electrons. The van der Waals surface area contributed by atoms with Crippen molar-refractivity contribution in [3.05, 3.63) is 35.9 Å². The molecule has 3 N–H and O–H groups in total. The highest BCUT2D eigenvalue weighted by atomic mass is 32.2. The number of hydrogen-bond donors (Lipinski definition) is 3. The largest absolute Gasteiger partial charge is 0.480 e. The Balaban J connectivity index is 2.05. The van der Waals surface area contributed by atoms with Gasteiger partial charge in [-0.2, -0.15) is 0 Å². The van der Waals surface area contributed by atoms with Crippen LogP contribution >= 0.6 is 11.8 Å². The van der Waals surface area contributed by atoms with Crippen molar-refractivity contribution in [2.45, 2.75) is 69.9 Å². The van der Waals surface area contributed by atoms with Gasteiger partial charge in [0.25, 0.3) is 0 Å². The number of carbonyl (C=O) groups is 4. The third kappa shape index (κ3) is 7.34. The third-order valence-electron chi connectivity index (χ3n) is 5.41. The van der Waals surface area contributed by atoms with Gasteiger partial charge in [0, 0.05) is 6.92 Å². The number of benzene rings is 1. The minimum absolute atomic E-state index is 0.108. The number of aliphatic carboxylic acids is 1. The molecule has 1 aromatic carbocycles. The van der Waals surface area contributed by atoms with Crippen LogP contribution in [0.15, 0.2) is 30.3 Å². The first kappa shape index (κ1) is 25.9. The van der Waals surface area contributed by atoms with Gasteiger partial charge in [-0.1, -0.05) is 68.8 Å². The number of carboxylic acids is 1. The van der Waals surface area contributed by atoms with Crippen LogP contribution in [0.3, 0.4) is 0 Å². The Morgan fingerprint density at radius 1 is 1.12 bits per heavy atom. The number of amides is 2. The molecule has 0 unspecified atom stereocenters. The molecular weight excluding hydrogens is 432 g/mol. The van der Waals surface area contributed by atoms with E-state index in [-0.39, 0.29) is 30.2 Å². The van der Waals surface area contributed by atoms with Crippen LogP contribution in [-0.4, -0.2) is 51.4 Å². The molecule has 9 heteroatoms. The average molecular weight is 465 g/mol. The van der Waals surface area contributed by atoms with E-state index in [1.165, 1.54) is 6.92 Å². The molecule has 1 aromatic rings. The number of hydrogen-bond acceptors (Lipinski definition) is 6.